The van der Waals surface area contributed by atoms with Crippen molar-refractivity contribution in [1.82, 2.24) is 4.98 Å². The van der Waals surface area contributed by atoms with Gasteiger partial charge in [0.15, 0.2) is 0 Å². The van der Waals surface area contributed by atoms with Crippen LogP contribution in [-0.4, -0.2) is 10.9 Å². The zero-order chi connectivity index (χ0) is 12.3. The summed E-state index contributed by atoms with van der Waals surface area (Å²) in [5, 5.41) is 2.84. The van der Waals surface area contributed by atoms with Crippen LogP contribution < -0.4 is 5.32 Å². The summed E-state index contributed by atoms with van der Waals surface area (Å²) in [6.07, 6.45) is 3.29. The predicted molar refractivity (Wildman–Crippen MR) is 76.1 cm³/mol. The van der Waals surface area contributed by atoms with Crippen LogP contribution in [0, 0.1) is 10.5 Å². The fourth-order valence-electron chi connectivity index (χ4n) is 1.45. The number of nitrogens with zero attached hydrogens (tertiary/aromatic N) is 1. The smallest absolute Gasteiger partial charge is 0.257 e. The van der Waals surface area contributed by atoms with Crippen molar-refractivity contribution in [3.8, 4) is 0 Å². The lowest BCUT2D eigenvalue weighted by Gasteiger charge is -2.05. The van der Waals surface area contributed by atoms with Crippen LogP contribution in [0.3, 0.4) is 0 Å². The average Bonchev–Trinajstić information content (AvgIpc) is 2.29. The van der Waals surface area contributed by atoms with Gasteiger partial charge in [0, 0.05) is 21.7 Å². The lowest BCUT2D eigenvalue weighted by atomic mass is 10.2. The third-order valence-electron chi connectivity index (χ3n) is 2.22. The van der Waals surface area contributed by atoms with E-state index in [4.69, 9.17) is 0 Å². The number of carbonyl (C=O) groups excluding carboxylic acids is 1. The molecule has 1 aromatic heterocycles. The SMILES string of the molecule is Cc1cncc(C(=O)Nc2cccc(I)c2)c1. The molecule has 3 nitrogen and oxygen atoms in total. The molecule has 0 saturated heterocycles. The molecular formula is C13H11IN2O. The summed E-state index contributed by atoms with van der Waals surface area (Å²) in [4.78, 5) is 15.9. The van der Waals surface area contributed by atoms with Crippen molar-refractivity contribution in [2.45, 2.75) is 6.92 Å². The predicted octanol–water partition coefficient (Wildman–Crippen LogP) is 3.25. The van der Waals surface area contributed by atoms with Crippen LogP contribution in [0.1, 0.15) is 15.9 Å². The maximum Gasteiger partial charge on any atom is 0.257 e. The van der Waals surface area contributed by atoms with Crippen molar-refractivity contribution in [3.05, 3.63) is 57.4 Å². The number of carbonyl (C=O) groups is 1. The molecular weight excluding hydrogens is 327 g/mol. The van der Waals surface area contributed by atoms with Crippen molar-refractivity contribution in [2.75, 3.05) is 5.32 Å². The number of amides is 1. The second kappa shape index (κ2) is 5.27. The van der Waals surface area contributed by atoms with Gasteiger partial charge in [0.1, 0.15) is 0 Å². The van der Waals surface area contributed by atoms with Gasteiger partial charge >= 0.3 is 0 Å². The van der Waals surface area contributed by atoms with E-state index in [1.54, 1.807) is 12.4 Å². The van der Waals surface area contributed by atoms with E-state index >= 15 is 0 Å². The molecule has 1 aromatic carbocycles. The van der Waals surface area contributed by atoms with Gasteiger partial charge in [-0.3, -0.25) is 9.78 Å². The summed E-state index contributed by atoms with van der Waals surface area (Å²) in [5.41, 5.74) is 2.34. The van der Waals surface area contributed by atoms with Crippen molar-refractivity contribution >= 4 is 34.2 Å². The molecule has 0 fully saturated rings. The third-order valence-corrected chi connectivity index (χ3v) is 2.89. The fourth-order valence-corrected chi connectivity index (χ4v) is 1.99. The Kier molecular flexibility index (Phi) is 3.73. The highest BCUT2D eigenvalue weighted by Crippen LogP contribution is 2.13. The van der Waals surface area contributed by atoms with Crippen LogP contribution in [0.2, 0.25) is 0 Å². The lowest BCUT2D eigenvalue weighted by Crippen LogP contribution is -2.12. The molecule has 0 unspecified atom stereocenters. The van der Waals surface area contributed by atoms with Gasteiger partial charge in [-0.1, -0.05) is 6.07 Å². The summed E-state index contributed by atoms with van der Waals surface area (Å²) in [5.74, 6) is -0.136. The van der Waals surface area contributed by atoms with E-state index in [9.17, 15) is 4.79 Å². The second-order valence-electron chi connectivity index (χ2n) is 3.72. The van der Waals surface area contributed by atoms with Crippen molar-refractivity contribution in [2.24, 2.45) is 0 Å². The van der Waals surface area contributed by atoms with Crippen molar-refractivity contribution in [3.63, 3.8) is 0 Å². The monoisotopic (exact) mass is 338 g/mol. The summed E-state index contributed by atoms with van der Waals surface area (Å²) in [6, 6.07) is 9.48. The molecule has 1 N–H and O–H groups in total. The van der Waals surface area contributed by atoms with Crippen LogP contribution in [0.25, 0.3) is 0 Å². The summed E-state index contributed by atoms with van der Waals surface area (Å²) in [7, 11) is 0. The maximum absolute atomic E-state index is 11.9. The van der Waals surface area contributed by atoms with E-state index in [2.05, 4.69) is 32.9 Å². The minimum Gasteiger partial charge on any atom is -0.322 e. The molecule has 0 radical (unpaired) electrons. The maximum atomic E-state index is 11.9. The Morgan fingerprint density at radius 2 is 2.12 bits per heavy atom. The third kappa shape index (κ3) is 3.26. The fraction of sp³-hybridized carbons (Fsp3) is 0.0769. The molecule has 0 aliphatic carbocycles. The summed E-state index contributed by atoms with van der Waals surface area (Å²) in [6.45, 7) is 1.91. The number of aromatic nitrogens is 1. The van der Waals surface area contributed by atoms with Gasteiger partial charge in [-0.2, -0.15) is 0 Å². The number of hydrogen-bond acceptors (Lipinski definition) is 2. The molecule has 1 amide bonds. The van der Waals surface area contributed by atoms with Crippen molar-refractivity contribution < 1.29 is 4.79 Å². The number of anilines is 1. The number of pyridine rings is 1. The van der Waals surface area contributed by atoms with E-state index in [1.165, 1.54) is 0 Å². The Bertz CT molecular complexity index is 555. The molecule has 2 rings (SSSR count). The first-order valence-electron chi connectivity index (χ1n) is 5.14. The Morgan fingerprint density at radius 1 is 1.29 bits per heavy atom. The van der Waals surface area contributed by atoms with Crippen LogP contribution in [0.15, 0.2) is 42.7 Å². The number of halogens is 1. The van der Waals surface area contributed by atoms with Gasteiger partial charge in [-0.05, 0) is 59.3 Å². The van der Waals surface area contributed by atoms with Crippen LogP contribution >= 0.6 is 22.6 Å². The Hall–Kier alpha value is -1.43. The van der Waals surface area contributed by atoms with Gasteiger partial charge in [-0.25, -0.2) is 0 Å². The number of aryl methyl sites for hydroxylation is 1. The molecule has 0 spiro atoms. The quantitative estimate of drug-likeness (QED) is 0.854. The molecule has 0 aliphatic rings. The highest BCUT2D eigenvalue weighted by Gasteiger charge is 2.06. The number of rotatable bonds is 2. The topological polar surface area (TPSA) is 42.0 Å². The van der Waals surface area contributed by atoms with Crippen molar-refractivity contribution in [1.29, 1.82) is 0 Å². The molecule has 1 heterocycles. The first kappa shape index (κ1) is 12.0. The second-order valence-corrected chi connectivity index (χ2v) is 4.96. The zero-order valence-electron chi connectivity index (χ0n) is 9.27. The molecule has 0 saturated carbocycles. The minimum absolute atomic E-state index is 0.136. The molecule has 0 bridgehead atoms. The van der Waals surface area contributed by atoms with Crippen LogP contribution in [-0.2, 0) is 0 Å². The first-order valence-corrected chi connectivity index (χ1v) is 6.21. The summed E-state index contributed by atoms with van der Waals surface area (Å²) < 4.78 is 1.09. The molecule has 17 heavy (non-hydrogen) atoms. The number of nitrogens with one attached hydrogen (secondary N) is 1. The van der Waals surface area contributed by atoms with E-state index in [0.29, 0.717) is 5.56 Å². The molecule has 0 atom stereocenters. The van der Waals surface area contributed by atoms with Gasteiger partial charge in [-0.15, -0.1) is 0 Å². The summed E-state index contributed by atoms with van der Waals surface area (Å²) >= 11 is 2.21. The minimum atomic E-state index is -0.136. The van der Waals surface area contributed by atoms with Gasteiger partial charge in [0.25, 0.3) is 5.91 Å². The Labute approximate surface area is 113 Å². The standard InChI is InChI=1S/C13H11IN2O/c1-9-5-10(8-15-7-9)13(17)16-12-4-2-3-11(14)6-12/h2-8H,1H3,(H,16,17). The number of benzene rings is 1. The lowest BCUT2D eigenvalue weighted by molar-refractivity contribution is 0.102. The molecule has 0 aliphatic heterocycles. The van der Waals surface area contributed by atoms with Crippen LogP contribution in [0.4, 0.5) is 5.69 Å². The Balaban J connectivity index is 2.17. The molecule has 2 aromatic rings. The normalized spacial score (nSPS) is 10.0. The highest BCUT2D eigenvalue weighted by molar-refractivity contribution is 14.1. The average molecular weight is 338 g/mol. The van der Waals surface area contributed by atoms with E-state index in [0.717, 1.165) is 14.8 Å². The Morgan fingerprint density at radius 3 is 2.82 bits per heavy atom. The molecule has 4 heteroatoms. The zero-order valence-corrected chi connectivity index (χ0v) is 11.4. The first-order chi connectivity index (χ1) is 8.15. The van der Waals surface area contributed by atoms with Gasteiger partial charge in [0.2, 0.25) is 0 Å². The van der Waals surface area contributed by atoms with E-state index in [1.807, 2.05) is 37.3 Å². The van der Waals surface area contributed by atoms with Gasteiger partial charge < -0.3 is 5.32 Å². The number of hydrogen-bond donors (Lipinski definition) is 1. The highest BCUT2D eigenvalue weighted by atomic mass is 127. The van der Waals surface area contributed by atoms with E-state index in [-0.39, 0.29) is 5.91 Å². The van der Waals surface area contributed by atoms with E-state index < -0.39 is 0 Å². The van der Waals surface area contributed by atoms with Gasteiger partial charge in [0.05, 0.1) is 5.56 Å². The molecule has 86 valence electrons. The largest absolute Gasteiger partial charge is 0.322 e. The van der Waals surface area contributed by atoms with Crippen LogP contribution in [0.5, 0.6) is 0 Å².